The Kier molecular flexibility index (Phi) is 16.8. The first-order valence-electron chi connectivity index (χ1n) is 16.7. The van der Waals surface area contributed by atoms with Gasteiger partial charge in [-0.3, -0.25) is 19.8 Å². The molecule has 0 spiro atoms. The Bertz CT molecular complexity index is 2200. The Balaban J connectivity index is 0.000000245. The van der Waals surface area contributed by atoms with Gasteiger partial charge in [-0.1, -0.05) is 43.8 Å². The summed E-state index contributed by atoms with van der Waals surface area (Å²) in [5, 5.41) is 6.12. The molecule has 0 unspecified atom stereocenters. The van der Waals surface area contributed by atoms with Crippen molar-refractivity contribution in [2.24, 2.45) is 10.9 Å². The van der Waals surface area contributed by atoms with Gasteiger partial charge in [0, 0.05) is 45.3 Å². The van der Waals surface area contributed by atoms with Gasteiger partial charge in [0.2, 0.25) is 23.3 Å². The number of hydrogen-bond donors (Lipinski definition) is 5. The van der Waals surface area contributed by atoms with Crippen LogP contribution in [-0.2, 0) is 22.4 Å². The zero-order valence-electron chi connectivity index (χ0n) is 31.4. The number of benzene rings is 4. The second-order valence-electron chi connectivity index (χ2n) is 11.5. The van der Waals surface area contributed by atoms with Gasteiger partial charge in [-0.25, -0.2) is 11.3 Å². The lowest BCUT2D eigenvalue weighted by molar-refractivity contribution is -0.121. The summed E-state index contributed by atoms with van der Waals surface area (Å²) in [5.74, 6) is 7.61. The van der Waals surface area contributed by atoms with Gasteiger partial charge < -0.3 is 38.4 Å². The highest BCUT2D eigenvalue weighted by atomic mass is 16.5. The van der Waals surface area contributed by atoms with Crippen LogP contribution < -0.4 is 45.1 Å². The molecule has 2 amide bonds. The highest BCUT2D eigenvalue weighted by Crippen LogP contribution is 2.38. The molecule has 6 rings (SSSR count). The van der Waals surface area contributed by atoms with Crippen LogP contribution in [0.4, 0.5) is 0 Å². The predicted octanol–water partition coefficient (Wildman–Crippen LogP) is 5.75. The number of aldehydes is 1. The number of hydrazone groups is 1. The number of aromatic nitrogens is 2. The molecule has 6 N–H and O–H groups in total. The van der Waals surface area contributed by atoms with Crippen molar-refractivity contribution in [3.05, 3.63) is 107 Å². The van der Waals surface area contributed by atoms with Crippen LogP contribution in [0.2, 0.25) is 0 Å². The van der Waals surface area contributed by atoms with Gasteiger partial charge in [0.05, 0.1) is 61.7 Å². The number of nitrogens with one attached hydrogen (secondary N) is 4. The van der Waals surface area contributed by atoms with Crippen molar-refractivity contribution < 1.29 is 42.8 Å². The first kappa shape index (κ1) is 43.4. The van der Waals surface area contributed by atoms with Crippen LogP contribution in [0.25, 0.3) is 21.8 Å². The van der Waals surface area contributed by atoms with E-state index in [4.69, 9.17) is 34.3 Å². The normalized spacial score (nSPS) is 10.2. The van der Waals surface area contributed by atoms with E-state index in [1.807, 2.05) is 60.9 Å². The van der Waals surface area contributed by atoms with Crippen LogP contribution in [0.1, 0.15) is 34.5 Å². The lowest BCUT2D eigenvalue weighted by atomic mass is 10.1. The van der Waals surface area contributed by atoms with Crippen LogP contribution >= 0.6 is 0 Å². The first-order chi connectivity index (χ1) is 26.7. The Morgan fingerprint density at radius 1 is 0.643 bits per heavy atom. The summed E-state index contributed by atoms with van der Waals surface area (Å²) >= 11 is 0. The molecule has 2 aromatic heterocycles. The number of nitrogens with two attached hydrogens (primary N) is 1. The second-order valence-corrected chi connectivity index (χ2v) is 11.5. The predicted molar refractivity (Wildman–Crippen MR) is 216 cm³/mol. The van der Waals surface area contributed by atoms with Crippen LogP contribution in [-0.4, -0.2) is 76.9 Å². The molecule has 0 atom stereocenters. The molecule has 0 aliphatic heterocycles. The standard InChI is InChI=1S/C20H21N3O4.C10H11N3O.C10H12O4.CH4/c1-25-17-8-13(9-18(26-2)20(17)27-3)11-22-23-19(24)10-14-12-21-16-7-5-4-6-15(14)16;11-13-10(14)5-7-6-12-9-4-2-1-3-8(7)9;1-12-8-4-7(6-11)5-9(13-2)10(8)14-3;/h4-9,11-12,21H,10H2,1-3H3,(H,23,24);1-4,6,12H,5,11H2,(H,13,14);4-6H,1-3H3;1H4/b22-11+;;;. The molecule has 0 saturated carbocycles. The maximum Gasteiger partial charge on any atom is 0.244 e. The number of carbonyl (C=O) groups is 3. The Morgan fingerprint density at radius 3 is 1.45 bits per heavy atom. The number of para-hydroxylation sites is 2. The van der Waals surface area contributed by atoms with E-state index in [9.17, 15) is 14.4 Å². The minimum Gasteiger partial charge on any atom is -0.493 e. The summed E-state index contributed by atoms with van der Waals surface area (Å²) in [5.41, 5.74) is 9.77. The van der Waals surface area contributed by atoms with Gasteiger partial charge in [0.15, 0.2) is 23.0 Å². The van der Waals surface area contributed by atoms with Crippen molar-refractivity contribution in [1.82, 2.24) is 20.8 Å². The van der Waals surface area contributed by atoms with Crippen molar-refractivity contribution in [2.45, 2.75) is 20.3 Å². The summed E-state index contributed by atoms with van der Waals surface area (Å²) in [4.78, 5) is 40.1. The number of methoxy groups -OCH3 is 6. The number of fused-ring (bicyclic) bond motifs is 2. The number of nitrogens with zero attached hydrogens (tertiary/aromatic N) is 1. The SMILES string of the molecule is C.COc1cc(/C=N/NC(=O)Cc2c[nH]c3ccccc23)cc(OC)c1OC.COc1cc(C=O)cc(OC)c1OC.NNC(=O)Cc1c[nH]c2ccccc12. The summed E-state index contributed by atoms with van der Waals surface area (Å²) in [6.07, 6.45) is 6.46. The van der Waals surface area contributed by atoms with Crippen molar-refractivity contribution in [2.75, 3.05) is 42.7 Å². The number of rotatable bonds is 13. The zero-order chi connectivity index (χ0) is 39.7. The fraction of sp³-hybridized carbons (Fsp3) is 0.220. The van der Waals surface area contributed by atoms with Gasteiger partial charge >= 0.3 is 0 Å². The number of aromatic amines is 2. The Hall–Kier alpha value is -7.00. The van der Waals surface area contributed by atoms with Crippen molar-refractivity contribution in [1.29, 1.82) is 0 Å². The highest BCUT2D eigenvalue weighted by Gasteiger charge is 2.14. The van der Waals surface area contributed by atoms with Crippen LogP contribution in [0, 0.1) is 0 Å². The van der Waals surface area contributed by atoms with E-state index < -0.39 is 0 Å². The topological polar surface area (TPSA) is 201 Å². The molecule has 2 heterocycles. The first-order valence-corrected chi connectivity index (χ1v) is 16.7. The van der Waals surface area contributed by atoms with Gasteiger partial charge in [-0.15, -0.1) is 0 Å². The summed E-state index contributed by atoms with van der Waals surface area (Å²) < 4.78 is 31.1. The van der Waals surface area contributed by atoms with E-state index in [2.05, 4.69) is 25.9 Å². The van der Waals surface area contributed by atoms with E-state index >= 15 is 0 Å². The third-order valence-corrected chi connectivity index (χ3v) is 8.13. The molecule has 0 aliphatic carbocycles. The second kappa shape index (κ2) is 21.6. The summed E-state index contributed by atoms with van der Waals surface area (Å²) in [7, 11) is 9.15. The van der Waals surface area contributed by atoms with Crippen molar-refractivity contribution in [3.8, 4) is 34.5 Å². The molecule has 0 fully saturated rings. The molecule has 15 heteroatoms. The smallest absolute Gasteiger partial charge is 0.244 e. The lowest BCUT2D eigenvalue weighted by Crippen LogP contribution is -2.31. The van der Waals surface area contributed by atoms with E-state index in [1.165, 1.54) is 27.5 Å². The van der Waals surface area contributed by atoms with E-state index in [0.717, 1.165) is 39.2 Å². The molecule has 0 radical (unpaired) electrons. The highest BCUT2D eigenvalue weighted by molar-refractivity contribution is 5.90. The zero-order valence-corrected chi connectivity index (χ0v) is 31.4. The number of ether oxygens (including phenoxy) is 6. The largest absolute Gasteiger partial charge is 0.493 e. The molecular formula is C41H48N6O9. The maximum atomic E-state index is 12.2. The van der Waals surface area contributed by atoms with Gasteiger partial charge in [0.1, 0.15) is 6.29 Å². The van der Waals surface area contributed by atoms with Crippen LogP contribution in [0.15, 0.2) is 90.3 Å². The number of H-pyrrole nitrogens is 2. The fourth-order valence-electron chi connectivity index (χ4n) is 5.52. The number of hydrazine groups is 1. The van der Waals surface area contributed by atoms with Gasteiger partial charge in [0.25, 0.3) is 0 Å². The summed E-state index contributed by atoms with van der Waals surface area (Å²) in [6, 6.07) is 22.4. The van der Waals surface area contributed by atoms with Gasteiger partial charge in [-0.2, -0.15) is 5.10 Å². The van der Waals surface area contributed by atoms with E-state index in [1.54, 1.807) is 45.6 Å². The van der Waals surface area contributed by atoms with Gasteiger partial charge in [-0.05, 0) is 47.5 Å². The molecule has 56 heavy (non-hydrogen) atoms. The molecule has 0 saturated heterocycles. The van der Waals surface area contributed by atoms with Crippen molar-refractivity contribution >= 4 is 46.1 Å². The number of amides is 2. The average Bonchev–Trinajstić information content (AvgIpc) is 3.83. The van der Waals surface area contributed by atoms with E-state index in [0.29, 0.717) is 52.0 Å². The molecule has 4 aromatic carbocycles. The lowest BCUT2D eigenvalue weighted by Gasteiger charge is -2.12. The molecular weight excluding hydrogens is 720 g/mol. The Morgan fingerprint density at radius 2 is 1.05 bits per heavy atom. The average molecular weight is 769 g/mol. The molecule has 0 bridgehead atoms. The fourth-order valence-corrected chi connectivity index (χ4v) is 5.52. The van der Waals surface area contributed by atoms with Crippen molar-refractivity contribution in [3.63, 3.8) is 0 Å². The van der Waals surface area contributed by atoms with E-state index in [-0.39, 0.29) is 25.7 Å². The minimum absolute atomic E-state index is 0. The number of hydrogen-bond acceptors (Lipinski definition) is 11. The van der Waals surface area contributed by atoms with Crippen LogP contribution in [0.5, 0.6) is 34.5 Å². The Labute approximate surface area is 325 Å². The molecule has 15 nitrogen and oxygen atoms in total. The number of carbonyl (C=O) groups excluding carboxylic acids is 3. The summed E-state index contributed by atoms with van der Waals surface area (Å²) in [6.45, 7) is 0. The monoisotopic (exact) mass is 768 g/mol. The minimum atomic E-state index is -0.205. The molecule has 296 valence electrons. The third kappa shape index (κ3) is 11.0. The maximum absolute atomic E-state index is 12.2. The quantitative estimate of drug-likeness (QED) is 0.0317. The third-order valence-electron chi connectivity index (χ3n) is 8.13. The molecule has 6 aromatic rings. The molecule has 0 aliphatic rings. The van der Waals surface area contributed by atoms with Crippen LogP contribution in [0.3, 0.4) is 0 Å².